The van der Waals surface area contributed by atoms with Gasteiger partial charge in [-0.05, 0) is 12.5 Å². The Morgan fingerprint density at radius 2 is 2.10 bits per heavy atom. The molecule has 0 fully saturated rings. The number of quaternary nitrogens is 1. The Morgan fingerprint density at radius 1 is 1.25 bits per heavy atom. The van der Waals surface area contributed by atoms with Gasteiger partial charge in [-0.15, -0.1) is 0 Å². The van der Waals surface area contributed by atoms with Crippen LogP contribution >= 0.6 is 0 Å². The fraction of sp³-hybridized carbons (Fsp3) is 0.125. The number of para-hydroxylation sites is 1. The van der Waals surface area contributed by atoms with E-state index in [1.54, 1.807) is 0 Å². The van der Waals surface area contributed by atoms with Crippen LogP contribution in [0.3, 0.4) is 0 Å². The molecule has 2 heterocycles. The molecular weight excluding hydrogens is 252 g/mol. The highest BCUT2D eigenvalue weighted by molar-refractivity contribution is 5.86. The van der Waals surface area contributed by atoms with E-state index < -0.39 is 5.97 Å². The number of hydrogen-bond donors (Lipinski definition) is 1. The summed E-state index contributed by atoms with van der Waals surface area (Å²) >= 11 is 0. The van der Waals surface area contributed by atoms with E-state index in [1.807, 2.05) is 55.0 Å². The predicted molar refractivity (Wildman–Crippen MR) is 79.0 cm³/mol. The Kier molecular flexibility index (Phi) is 3.08. The SMILES string of the molecule is O=C(O)CCc1ccccc1[N+]12C=CC=CC1=CN=C2. The highest BCUT2D eigenvalue weighted by Crippen LogP contribution is 2.36. The Hall–Kier alpha value is -2.46. The molecule has 1 atom stereocenters. The van der Waals surface area contributed by atoms with E-state index in [9.17, 15) is 4.79 Å². The van der Waals surface area contributed by atoms with E-state index in [2.05, 4.69) is 11.2 Å². The molecule has 4 nitrogen and oxygen atoms in total. The standard InChI is InChI=1S/C16H14N2O2/c19-16(20)9-8-13-5-1-2-7-15(13)18-10-4-3-6-14(18)11-17-12-18/h1-7,10-12H,8-9H2/p+1. The van der Waals surface area contributed by atoms with Crippen molar-refractivity contribution in [1.29, 1.82) is 0 Å². The summed E-state index contributed by atoms with van der Waals surface area (Å²) in [6, 6.07) is 7.94. The number of fused-ring (bicyclic) bond motifs is 1. The molecule has 0 aliphatic carbocycles. The molecule has 100 valence electrons. The van der Waals surface area contributed by atoms with Crippen molar-refractivity contribution < 1.29 is 9.90 Å². The molecule has 0 radical (unpaired) electrons. The number of allylic oxidation sites excluding steroid dienone is 3. The van der Waals surface area contributed by atoms with Gasteiger partial charge in [-0.2, -0.15) is 4.48 Å². The lowest BCUT2D eigenvalue weighted by Crippen LogP contribution is -2.40. The van der Waals surface area contributed by atoms with Crippen LogP contribution in [0.2, 0.25) is 0 Å². The zero-order valence-corrected chi connectivity index (χ0v) is 10.9. The van der Waals surface area contributed by atoms with Crippen molar-refractivity contribution >= 4 is 18.0 Å². The molecule has 0 spiro atoms. The molecule has 2 aliphatic heterocycles. The molecule has 2 aliphatic rings. The van der Waals surface area contributed by atoms with Crippen molar-refractivity contribution in [2.75, 3.05) is 0 Å². The van der Waals surface area contributed by atoms with Gasteiger partial charge in [-0.3, -0.25) is 4.79 Å². The molecule has 1 N–H and O–H groups in total. The van der Waals surface area contributed by atoms with Crippen molar-refractivity contribution in [2.24, 2.45) is 4.99 Å². The van der Waals surface area contributed by atoms with Crippen LogP contribution in [-0.4, -0.2) is 17.4 Å². The highest BCUT2D eigenvalue weighted by atomic mass is 16.4. The number of rotatable bonds is 4. The summed E-state index contributed by atoms with van der Waals surface area (Å²) in [5.74, 6) is -0.778. The predicted octanol–water partition coefficient (Wildman–Crippen LogP) is 2.98. The topological polar surface area (TPSA) is 49.7 Å². The fourth-order valence-electron chi connectivity index (χ4n) is 2.61. The summed E-state index contributed by atoms with van der Waals surface area (Å²) in [5, 5.41) is 8.89. The number of nitrogens with zero attached hydrogens (tertiary/aromatic N) is 2. The monoisotopic (exact) mass is 267 g/mol. The second-order valence-electron chi connectivity index (χ2n) is 4.82. The first-order valence-corrected chi connectivity index (χ1v) is 6.52. The van der Waals surface area contributed by atoms with E-state index in [-0.39, 0.29) is 6.42 Å². The maximum atomic E-state index is 10.8. The molecule has 1 aromatic rings. The maximum Gasteiger partial charge on any atom is 0.303 e. The molecule has 0 amide bonds. The second-order valence-corrected chi connectivity index (χ2v) is 4.82. The minimum atomic E-state index is -0.778. The highest BCUT2D eigenvalue weighted by Gasteiger charge is 2.37. The number of carboxylic acid groups (broad SMARTS) is 1. The molecule has 0 aromatic heterocycles. The molecule has 1 aromatic carbocycles. The Morgan fingerprint density at radius 3 is 2.95 bits per heavy atom. The van der Waals surface area contributed by atoms with Gasteiger partial charge < -0.3 is 5.11 Å². The van der Waals surface area contributed by atoms with Gasteiger partial charge in [0.1, 0.15) is 6.20 Å². The smallest absolute Gasteiger partial charge is 0.303 e. The third-order valence-corrected chi connectivity index (χ3v) is 3.58. The van der Waals surface area contributed by atoms with Gasteiger partial charge in [0, 0.05) is 24.1 Å². The van der Waals surface area contributed by atoms with Crippen LogP contribution in [0.5, 0.6) is 0 Å². The number of hydrogen-bond acceptors (Lipinski definition) is 2. The maximum absolute atomic E-state index is 10.8. The summed E-state index contributed by atoms with van der Waals surface area (Å²) in [6.07, 6.45) is 12.4. The quantitative estimate of drug-likeness (QED) is 0.853. The summed E-state index contributed by atoms with van der Waals surface area (Å²) in [5.41, 5.74) is 3.16. The lowest BCUT2D eigenvalue weighted by Gasteiger charge is -2.29. The molecule has 1 unspecified atom stereocenters. The van der Waals surface area contributed by atoms with Crippen LogP contribution in [0.1, 0.15) is 12.0 Å². The van der Waals surface area contributed by atoms with Gasteiger partial charge in [-0.1, -0.05) is 24.3 Å². The molecule has 20 heavy (non-hydrogen) atoms. The van der Waals surface area contributed by atoms with Gasteiger partial charge >= 0.3 is 5.97 Å². The van der Waals surface area contributed by atoms with Crippen LogP contribution < -0.4 is 4.48 Å². The van der Waals surface area contributed by atoms with Crippen molar-refractivity contribution in [3.05, 3.63) is 66.2 Å². The number of aliphatic carboxylic acids is 1. The lowest BCUT2D eigenvalue weighted by atomic mass is 10.0. The molecule has 0 saturated carbocycles. The summed E-state index contributed by atoms with van der Waals surface area (Å²) in [6.45, 7) is 0. The van der Waals surface area contributed by atoms with Crippen LogP contribution in [0.25, 0.3) is 0 Å². The first-order chi connectivity index (χ1) is 9.72. The Balaban J connectivity index is 2.04. The van der Waals surface area contributed by atoms with Crippen molar-refractivity contribution in [2.45, 2.75) is 12.8 Å². The summed E-state index contributed by atoms with van der Waals surface area (Å²) in [4.78, 5) is 15.1. The number of benzene rings is 1. The largest absolute Gasteiger partial charge is 0.481 e. The first kappa shape index (κ1) is 12.6. The van der Waals surface area contributed by atoms with Crippen LogP contribution in [0.15, 0.2) is 65.6 Å². The van der Waals surface area contributed by atoms with Gasteiger partial charge in [0.2, 0.25) is 6.34 Å². The van der Waals surface area contributed by atoms with Gasteiger partial charge in [0.05, 0.1) is 6.20 Å². The van der Waals surface area contributed by atoms with E-state index in [0.717, 1.165) is 16.9 Å². The van der Waals surface area contributed by atoms with Crippen molar-refractivity contribution in [3.8, 4) is 0 Å². The molecule has 4 heteroatoms. The van der Waals surface area contributed by atoms with Crippen LogP contribution in [-0.2, 0) is 11.2 Å². The molecule has 0 saturated heterocycles. The normalized spacial score (nSPS) is 22.7. The number of carboxylic acids is 1. The number of aryl methyl sites for hydroxylation is 1. The summed E-state index contributed by atoms with van der Waals surface area (Å²) in [7, 11) is 0. The van der Waals surface area contributed by atoms with E-state index in [1.165, 1.54) is 0 Å². The van der Waals surface area contributed by atoms with E-state index in [0.29, 0.717) is 10.9 Å². The molecule has 3 rings (SSSR count). The Labute approximate surface area is 117 Å². The minimum absolute atomic E-state index is 0.132. The number of aliphatic imine (C=N–C) groups is 1. The fourth-order valence-corrected chi connectivity index (χ4v) is 2.61. The zero-order valence-electron chi connectivity index (χ0n) is 10.9. The summed E-state index contributed by atoms with van der Waals surface area (Å²) < 4.78 is 0.437. The average Bonchev–Trinajstić information content (AvgIpc) is 2.90. The van der Waals surface area contributed by atoms with Crippen molar-refractivity contribution in [3.63, 3.8) is 0 Å². The average molecular weight is 267 g/mol. The molecule has 0 bridgehead atoms. The third-order valence-electron chi connectivity index (χ3n) is 3.58. The van der Waals surface area contributed by atoms with Gasteiger partial charge in [-0.25, -0.2) is 4.99 Å². The zero-order chi connectivity index (χ0) is 14.0. The van der Waals surface area contributed by atoms with Crippen LogP contribution in [0, 0.1) is 0 Å². The molecular formula is C16H15N2O2+. The lowest BCUT2D eigenvalue weighted by molar-refractivity contribution is -0.136. The van der Waals surface area contributed by atoms with Gasteiger partial charge in [0.15, 0.2) is 11.4 Å². The van der Waals surface area contributed by atoms with Crippen molar-refractivity contribution in [1.82, 2.24) is 4.48 Å². The minimum Gasteiger partial charge on any atom is -0.481 e. The number of carbonyl (C=O) groups is 1. The first-order valence-electron chi connectivity index (χ1n) is 6.52. The van der Waals surface area contributed by atoms with Gasteiger partial charge in [0.25, 0.3) is 0 Å². The van der Waals surface area contributed by atoms with E-state index in [4.69, 9.17) is 5.11 Å². The second kappa shape index (κ2) is 4.90. The van der Waals surface area contributed by atoms with E-state index >= 15 is 0 Å². The van der Waals surface area contributed by atoms with Crippen LogP contribution in [0.4, 0.5) is 5.69 Å². The Bertz CT molecular complexity index is 671. The third kappa shape index (κ3) is 2.00.